The number of benzene rings is 2. The first-order chi connectivity index (χ1) is 11.4. The van der Waals surface area contributed by atoms with Gasteiger partial charge in [0.05, 0.1) is 5.92 Å². The van der Waals surface area contributed by atoms with Crippen molar-refractivity contribution in [2.75, 3.05) is 13.1 Å². The SMILES string of the molecule is Cc1cc(CN2C[C@H](C(=O)O)[C@@H](c3ccc(F)cc3)C2)ccc1F. The lowest BCUT2D eigenvalue weighted by Gasteiger charge is -2.16. The fourth-order valence-electron chi connectivity index (χ4n) is 3.38. The number of rotatable bonds is 4. The first-order valence-corrected chi connectivity index (χ1v) is 7.89. The van der Waals surface area contributed by atoms with Crippen LogP contribution in [0.2, 0.25) is 0 Å². The summed E-state index contributed by atoms with van der Waals surface area (Å²) < 4.78 is 26.5. The van der Waals surface area contributed by atoms with Crippen molar-refractivity contribution in [3.63, 3.8) is 0 Å². The van der Waals surface area contributed by atoms with Gasteiger partial charge in [0.15, 0.2) is 0 Å². The van der Waals surface area contributed by atoms with Gasteiger partial charge in [-0.15, -0.1) is 0 Å². The van der Waals surface area contributed by atoms with Gasteiger partial charge in [0.2, 0.25) is 0 Å². The second-order valence-electron chi connectivity index (χ2n) is 6.38. The van der Waals surface area contributed by atoms with Gasteiger partial charge in [0, 0.05) is 25.6 Å². The van der Waals surface area contributed by atoms with Gasteiger partial charge in [-0.3, -0.25) is 9.69 Å². The molecule has 0 radical (unpaired) electrons. The normalized spacial score (nSPS) is 21.1. The van der Waals surface area contributed by atoms with E-state index < -0.39 is 11.9 Å². The zero-order chi connectivity index (χ0) is 17.3. The Morgan fingerprint density at radius 1 is 1.17 bits per heavy atom. The van der Waals surface area contributed by atoms with Crippen LogP contribution in [0.25, 0.3) is 0 Å². The smallest absolute Gasteiger partial charge is 0.308 e. The summed E-state index contributed by atoms with van der Waals surface area (Å²) in [5, 5.41) is 9.51. The first-order valence-electron chi connectivity index (χ1n) is 7.89. The molecule has 1 fully saturated rings. The Balaban J connectivity index is 1.78. The van der Waals surface area contributed by atoms with Crippen LogP contribution >= 0.6 is 0 Å². The lowest BCUT2D eigenvalue weighted by atomic mass is 9.89. The molecule has 126 valence electrons. The Bertz CT molecular complexity index is 746. The maximum atomic E-state index is 13.4. The second kappa shape index (κ2) is 6.69. The van der Waals surface area contributed by atoms with Crippen LogP contribution in [0.15, 0.2) is 42.5 Å². The van der Waals surface area contributed by atoms with E-state index in [1.54, 1.807) is 31.2 Å². The number of aryl methyl sites for hydroxylation is 1. The van der Waals surface area contributed by atoms with Crippen molar-refractivity contribution in [2.24, 2.45) is 5.92 Å². The number of likely N-dealkylation sites (tertiary alicyclic amines) is 1. The minimum Gasteiger partial charge on any atom is -0.481 e. The molecule has 1 N–H and O–H groups in total. The van der Waals surface area contributed by atoms with Crippen molar-refractivity contribution < 1.29 is 18.7 Å². The molecular formula is C19H19F2NO2. The molecule has 2 aromatic rings. The lowest BCUT2D eigenvalue weighted by molar-refractivity contribution is -0.141. The second-order valence-corrected chi connectivity index (χ2v) is 6.38. The highest BCUT2D eigenvalue weighted by atomic mass is 19.1. The van der Waals surface area contributed by atoms with Crippen LogP contribution in [0.4, 0.5) is 8.78 Å². The molecule has 5 heteroatoms. The third-order valence-corrected chi connectivity index (χ3v) is 4.64. The summed E-state index contributed by atoms with van der Waals surface area (Å²) in [6, 6.07) is 11.0. The van der Waals surface area contributed by atoms with Gasteiger partial charge in [0.1, 0.15) is 11.6 Å². The zero-order valence-electron chi connectivity index (χ0n) is 13.4. The Kier molecular flexibility index (Phi) is 4.62. The Hall–Kier alpha value is -2.27. The van der Waals surface area contributed by atoms with Gasteiger partial charge in [0.25, 0.3) is 0 Å². The molecule has 2 atom stereocenters. The predicted molar refractivity (Wildman–Crippen MR) is 86.7 cm³/mol. The molecule has 0 aliphatic carbocycles. The summed E-state index contributed by atoms with van der Waals surface area (Å²) in [4.78, 5) is 13.7. The van der Waals surface area contributed by atoms with Crippen LogP contribution in [-0.2, 0) is 11.3 Å². The zero-order valence-corrected chi connectivity index (χ0v) is 13.4. The number of halogens is 2. The third kappa shape index (κ3) is 3.46. The quantitative estimate of drug-likeness (QED) is 0.931. The molecule has 24 heavy (non-hydrogen) atoms. The van der Waals surface area contributed by atoms with E-state index in [1.165, 1.54) is 18.2 Å². The topological polar surface area (TPSA) is 40.5 Å². The van der Waals surface area contributed by atoms with Crippen LogP contribution in [-0.4, -0.2) is 29.1 Å². The Morgan fingerprint density at radius 2 is 1.88 bits per heavy atom. The number of nitrogens with zero attached hydrogens (tertiary/aromatic N) is 1. The van der Waals surface area contributed by atoms with E-state index in [9.17, 15) is 18.7 Å². The summed E-state index contributed by atoms with van der Waals surface area (Å²) >= 11 is 0. The Labute approximate surface area is 139 Å². The molecule has 1 aliphatic rings. The third-order valence-electron chi connectivity index (χ3n) is 4.64. The van der Waals surface area contributed by atoms with E-state index in [1.807, 2.05) is 0 Å². The molecule has 0 spiro atoms. The first kappa shape index (κ1) is 16.6. The van der Waals surface area contributed by atoms with E-state index >= 15 is 0 Å². The van der Waals surface area contributed by atoms with Crippen molar-refractivity contribution in [1.29, 1.82) is 0 Å². The molecule has 3 rings (SSSR count). The van der Waals surface area contributed by atoms with E-state index in [0.29, 0.717) is 25.2 Å². The van der Waals surface area contributed by atoms with Crippen LogP contribution in [0.3, 0.4) is 0 Å². The number of hydrogen-bond donors (Lipinski definition) is 1. The maximum Gasteiger partial charge on any atom is 0.308 e. The highest BCUT2D eigenvalue weighted by molar-refractivity contribution is 5.72. The van der Waals surface area contributed by atoms with E-state index in [4.69, 9.17) is 0 Å². The number of carboxylic acid groups (broad SMARTS) is 1. The molecule has 0 amide bonds. The van der Waals surface area contributed by atoms with Crippen LogP contribution < -0.4 is 0 Å². The van der Waals surface area contributed by atoms with E-state index in [2.05, 4.69) is 4.90 Å². The van der Waals surface area contributed by atoms with Gasteiger partial charge in [-0.1, -0.05) is 24.3 Å². The molecule has 0 bridgehead atoms. The van der Waals surface area contributed by atoms with Gasteiger partial charge >= 0.3 is 5.97 Å². The summed E-state index contributed by atoms with van der Waals surface area (Å²) in [5.74, 6) is -2.13. The van der Waals surface area contributed by atoms with Crippen molar-refractivity contribution >= 4 is 5.97 Å². The average molecular weight is 331 g/mol. The van der Waals surface area contributed by atoms with Crippen molar-refractivity contribution in [1.82, 2.24) is 4.90 Å². The molecule has 0 aromatic heterocycles. The number of hydrogen-bond acceptors (Lipinski definition) is 2. The van der Waals surface area contributed by atoms with Gasteiger partial charge in [-0.05, 0) is 41.8 Å². The highest BCUT2D eigenvalue weighted by Gasteiger charge is 2.38. The number of carboxylic acids is 1. The van der Waals surface area contributed by atoms with Crippen LogP contribution in [0, 0.1) is 24.5 Å². The van der Waals surface area contributed by atoms with Crippen molar-refractivity contribution in [3.05, 3.63) is 70.8 Å². The van der Waals surface area contributed by atoms with Crippen LogP contribution in [0.5, 0.6) is 0 Å². The standard InChI is InChI=1S/C19H19F2NO2/c1-12-8-13(2-7-18(12)21)9-22-10-16(17(11-22)19(23)24)14-3-5-15(20)6-4-14/h2-8,16-17H,9-11H2,1H3,(H,23,24)/t16-,17+/m1/s1. The fourth-order valence-corrected chi connectivity index (χ4v) is 3.38. The Morgan fingerprint density at radius 3 is 2.50 bits per heavy atom. The molecular weight excluding hydrogens is 312 g/mol. The van der Waals surface area contributed by atoms with Gasteiger partial charge in [-0.2, -0.15) is 0 Å². The largest absolute Gasteiger partial charge is 0.481 e. The average Bonchev–Trinajstić information content (AvgIpc) is 2.96. The van der Waals surface area contributed by atoms with E-state index in [-0.39, 0.29) is 17.6 Å². The number of aliphatic carboxylic acids is 1. The van der Waals surface area contributed by atoms with Gasteiger partial charge in [-0.25, -0.2) is 8.78 Å². The molecule has 0 saturated carbocycles. The fraction of sp³-hybridized carbons (Fsp3) is 0.316. The summed E-state index contributed by atoms with van der Waals surface area (Å²) in [6.45, 7) is 3.29. The predicted octanol–water partition coefficient (Wildman–Crippen LogP) is 3.57. The molecule has 1 heterocycles. The lowest BCUT2D eigenvalue weighted by Crippen LogP contribution is -2.23. The number of carbonyl (C=O) groups is 1. The molecule has 1 saturated heterocycles. The van der Waals surface area contributed by atoms with Crippen LogP contribution in [0.1, 0.15) is 22.6 Å². The summed E-state index contributed by atoms with van der Waals surface area (Å²) in [7, 11) is 0. The minimum atomic E-state index is -0.845. The molecule has 1 aliphatic heterocycles. The van der Waals surface area contributed by atoms with Crippen molar-refractivity contribution in [2.45, 2.75) is 19.4 Å². The van der Waals surface area contributed by atoms with Crippen molar-refractivity contribution in [3.8, 4) is 0 Å². The monoisotopic (exact) mass is 331 g/mol. The van der Waals surface area contributed by atoms with Gasteiger partial charge < -0.3 is 5.11 Å². The maximum absolute atomic E-state index is 13.4. The molecule has 3 nitrogen and oxygen atoms in total. The van der Waals surface area contributed by atoms with E-state index in [0.717, 1.165) is 11.1 Å². The molecule has 2 aromatic carbocycles. The summed E-state index contributed by atoms with van der Waals surface area (Å²) in [6.07, 6.45) is 0. The highest BCUT2D eigenvalue weighted by Crippen LogP contribution is 2.34. The summed E-state index contributed by atoms with van der Waals surface area (Å²) in [5.41, 5.74) is 2.37. The minimum absolute atomic E-state index is 0.176. The molecule has 0 unspecified atom stereocenters.